The van der Waals surface area contributed by atoms with E-state index in [9.17, 15) is 0 Å². The van der Waals surface area contributed by atoms with Crippen LogP contribution < -0.4 is 0 Å². The van der Waals surface area contributed by atoms with Gasteiger partial charge in [0.25, 0.3) is 0 Å². The minimum absolute atomic E-state index is 0. The molecule has 3 rings (SSSR count). The quantitative estimate of drug-likeness (QED) is 0.521. The average Bonchev–Trinajstić information content (AvgIpc) is 2.57. The van der Waals surface area contributed by atoms with Crippen molar-refractivity contribution in [3.05, 3.63) is 0 Å². The second kappa shape index (κ2) is 7.71. The van der Waals surface area contributed by atoms with Crippen LogP contribution in [-0.2, 0) is 0 Å². The summed E-state index contributed by atoms with van der Waals surface area (Å²) in [5.74, 6) is -2.07. The van der Waals surface area contributed by atoms with E-state index in [1.54, 1.807) is 0 Å². The summed E-state index contributed by atoms with van der Waals surface area (Å²) in [6.45, 7) is 2.68. The first-order valence-corrected chi connectivity index (χ1v) is 13.6. The Kier molecular flexibility index (Phi) is 6.66. The smallest absolute Gasteiger partial charge is 0.412 e. The van der Waals surface area contributed by atoms with Crippen LogP contribution in [-0.4, -0.2) is 29.1 Å². The Labute approximate surface area is 143 Å². The van der Waals surface area contributed by atoms with Gasteiger partial charge in [0.2, 0.25) is 0 Å². The topological polar surface area (TPSA) is 31.5 Å². The van der Waals surface area contributed by atoms with E-state index < -0.39 is 5.96 Å². The molecule has 0 saturated heterocycles. The Bertz CT molecular complexity index is 287. The molecule has 0 aromatic heterocycles. The van der Waals surface area contributed by atoms with Gasteiger partial charge < -0.3 is 5.48 Å². The van der Waals surface area contributed by atoms with Crippen molar-refractivity contribution in [3.8, 4) is 0 Å². The molecule has 0 aromatic rings. The second-order valence-electron chi connectivity index (χ2n) is 8.56. The molecule has 0 bridgehead atoms. The van der Waals surface area contributed by atoms with Gasteiger partial charge in [-0.15, -0.1) is 0 Å². The van der Waals surface area contributed by atoms with Gasteiger partial charge in [0.1, 0.15) is 0 Å². The van der Waals surface area contributed by atoms with Gasteiger partial charge in [-0.1, -0.05) is 0 Å². The average molecular weight is 349 g/mol. The summed E-state index contributed by atoms with van der Waals surface area (Å²) in [6.07, 6.45) is 21.9. The molecule has 0 aromatic carbocycles. The van der Waals surface area contributed by atoms with Crippen molar-refractivity contribution < 1.29 is 5.48 Å². The van der Waals surface area contributed by atoms with Gasteiger partial charge in [-0.05, 0) is 0 Å². The Morgan fingerprint density at radius 1 is 0.545 bits per heavy atom. The van der Waals surface area contributed by atoms with Crippen LogP contribution in [0.5, 0.6) is 0 Å². The van der Waals surface area contributed by atoms with Crippen molar-refractivity contribution in [1.29, 1.82) is 0 Å². The fourth-order valence-electron chi connectivity index (χ4n) is 6.10. The first kappa shape index (κ1) is 19.0. The third kappa shape index (κ3) is 3.38. The van der Waals surface area contributed by atoms with E-state index in [0.29, 0.717) is 0 Å². The van der Waals surface area contributed by atoms with E-state index in [-0.39, 0.29) is 5.48 Å². The summed E-state index contributed by atoms with van der Waals surface area (Å²) in [6, 6.07) is 0. The van der Waals surface area contributed by atoms with Crippen LogP contribution in [0, 0.1) is 0 Å². The number of halogens is 1. The van der Waals surface area contributed by atoms with E-state index >= 15 is 0 Å². The van der Waals surface area contributed by atoms with Gasteiger partial charge in [0.05, 0.1) is 0 Å². The molecule has 3 aliphatic carbocycles. The zero-order chi connectivity index (χ0) is 14.8. The van der Waals surface area contributed by atoms with Crippen LogP contribution in [0.15, 0.2) is 0 Å². The standard InChI is InChI=1S/C19H36ClP.H2O/c1-21(20,17-11-5-2-6-12-17,18-13-7-3-8-14-18)19-15-9-4-10-16-19;/h17-19H,2-16H2,1H3;1H2. The Morgan fingerprint density at radius 2 is 0.773 bits per heavy atom. The molecular formula is C19H38ClOP. The summed E-state index contributed by atoms with van der Waals surface area (Å²) in [5.41, 5.74) is 2.74. The van der Waals surface area contributed by atoms with Crippen LogP contribution in [0.2, 0.25) is 0 Å². The second-order valence-corrected chi connectivity index (χ2v) is 16.9. The Hall–Kier alpha value is 0.680. The molecule has 0 aliphatic heterocycles. The first-order chi connectivity index (χ1) is 10.1. The van der Waals surface area contributed by atoms with Crippen molar-refractivity contribution in [2.75, 3.05) is 6.66 Å². The van der Waals surface area contributed by atoms with Gasteiger partial charge in [-0.2, -0.15) is 0 Å². The van der Waals surface area contributed by atoms with E-state index in [2.05, 4.69) is 6.66 Å². The number of rotatable bonds is 3. The van der Waals surface area contributed by atoms with Crippen LogP contribution in [0.4, 0.5) is 0 Å². The minimum Gasteiger partial charge on any atom is -0.412 e. The van der Waals surface area contributed by atoms with Gasteiger partial charge in [0, 0.05) is 0 Å². The Balaban J connectivity index is 0.00000176. The van der Waals surface area contributed by atoms with Crippen molar-refractivity contribution in [1.82, 2.24) is 0 Å². The molecule has 0 radical (unpaired) electrons. The summed E-state index contributed by atoms with van der Waals surface area (Å²) in [7, 11) is 0. The largest absolute Gasteiger partial charge is 0.412 e. The zero-order valence-corrected chi connectivity index (χ0v) is 16.3. The summed E-state index contributed by atoms with van der Waals surface area (Å²) in [4.78, 5) is 0. The van der Waals surface area contributed by atoms with Gasteiger partial charge >= 0.3 is 137 Å². The maximum atomic E-state index is 7.96. The van der Waals surface area contributed by atoms with Crippen LogP contribution in [0.1, 0.15) is 96.3 Å². The van der Waals surface area contributed by atoms with Crippen molar-refractivity contribution >= 4 is 17.2 Å². The fourth-order valence-corrected chi connectivity index (χ4v) is 14.7. The van der Waals surface area contributed by atoms with Gasteiger partial charge in [0.15, 0.2) is 0 Å². The molecule has 2 N–H and O–H groups in total. The van der Waals surface area contributed by atoms with Crippen molar-refractivity contribution in [3.63, 3.8) is 0 Å². The monoisotopic (exact) mass is 348 g/mol. The minimum atomic E-state index is -2.07. The number of hydrogen-bond acceptors (Lipinski definition) is 0. The molecule has 3 aliphatic rings. The van der Waals surface area contributed by atoms with Crippen molar-refractivity contribution in [2.24, 2.45) is 0 Å². The van der Waals surface area contributed by atoms with Crippen LogP contribution >= 0.6 is 17.2 Å². The number of hydrogen-bond donors (Lipinski definition) is 0. The summed E-state index contributed by atoms with van der Waals surface area (Å²) >= 11 is 7.96. The molecule has 22 heavy (non-hydrogen) atoms. The van der Waals surface area contributed by atoms with Gasteiger partial charge in [-0.3, -0.25) is 0 Å². The fraction of sp³-hybridized carbons (Fsp3) is 1.00. The molecule has 3 heteroatoms. The Morgan fingerprint density at radius 3 is 1.00 bits per heavy atom. The van der Waals surface area contributed by atoms with E-state index in [1.165, 1.54) is 96.3 Å². The third-order valence-corrected chi connectivity index (χ3v) is 17.1. The molecule has 1 nitrogen and oxygen atoms in total. The maximum absolute atomic E-state index is 7.96. The van der Waals surface area contributed by atoms with Crippen LogP contribution in [0.3, 0.4) is 0 Å². The molecule has 0 amide bonds. The zero-order valence-electron chi connectivity index (χ0n) is 14.7. The first-order valence-electron chi connectivity index (χ1n) is 9.84. The SMILES string of the molecule is CP(Cl)(C1CCCCC1)(C1CCCCC1)C1CCCCC1.O. The predicted octanol–water partition coefficient (Wildman–Crippen LogP) is 6.50. The van der Waals surface area contributed by atoms with Gasteiger partial charge in [-0.25, -0.2) is 0 Å². The molecule has 0 spiro atoms. The normalized spacial score (nSPS) is 28.5. The van der Waals surface area contributed by atoms with E-state index in [1.807, 2.05) is 0 Å². The van der Waals surface area contributed by atoms with Crippen molar-refractivity contribution in [2.45, 2.75) is 113 Å². The third-order valence-electron chi connectivity index (χ3n) is 7.50. The van der Waals surface area contributed by atoms with E-state index in [4.69, 9.17) is 11.2 Å². The van der Waals surface area contributed by atoms with Crippen LogP contribution in [0.25, 0.3) is 0 Å². The van der Waals surface area contributed by atoms with E-state index in [0.717, 1.165) is 17.0 Å². The molecular weight excluding hydrogens is 311 g/mol. The molecule has 0 unspecified atom stereocenters. The predicted molar refractivity (Wildman–Crippen MR) is 103 cm³/mol. The summed E-state index contributed by atoms with van der Waals surface area (Å²) in [5, 5.41) is 0. The maximum Gasteiger partial charge on any atom is -0.412 e. The molecule has 132 valence electrons. The molecule has 0 atom stereocenters. The molecule has 0 heterocycles. The summed E-state index contributed by atoms with van der Waals surface area (Å²) < 4.78 is 0. The molecule has 3 saturated carbocycles. The molecule has 3 fully saturated rings.